The van der Waals surface area contributed by atoms with Crippen molar-refractivity contribution in [3.63, 3.8) is 0 Å². The summed E-state index contributed by atoms with van der Waals surface area (Å²) >= 11 is 1.90. The Labute approximate surface area is 199 Å². The number of fused-ring (bicyclic) bond motifs is 3. The monoisotopic (exact) mass is 461 g/mol. The van der Waals surface area contributed by atoms with Crippen LogP contribution in [0.5, 0.6) is 0 Å². The topological polar surface area (TPSA) is 61.4 Å². The highest BCUT2D eigenvalue weighted by molar-refractivity contribution is 7.19. The van der Waals surface area contributed by atoms with Gasteiger partial charge in [0.1, 0.15) is 16.5 Å². The molecule has 7 heteroatoms. The molecule has 1 N–H and O–H groups in total. The molecule has 0 bridgehead atoms. The summed E-state index contributed by atoms with van der Waals surface area (Å²) in [6.07, 6.45) is 8.20. The van der Waals surface area contributed by atoms with Crippen LogP contribution in [0.1, 0.15) is 60.4 Å². The molecule has 0 radical (unpaired) electrons. The molecular formula is C26H31N5OS. The van der Waals surface area contributed by atoms with Crippen molar-refractivity contribution in [2.75, 3.05) is 36.4 Å². The van der Waals surface area contributed by atoms with E-state index in [-0.39, 0.29) is 6.03 Å². The molecule has 0 spiro atoms. The maximum Gasteiger partial charge on any atom is 0.321 e. The van der Waals surface area contributed by atoms with Crippen LogP contribution in [0.15, 0.2) is 24.3 Å². The smallest absolute Gasteiger partial charge is 0.321 e. The van der Waals surface area contributed by atoms with Crippen molar-refractivity contribution < 1.29 is 4.79 Å². The summed E-state index contributed by atoms with van der Waals surface area (Å²) in [4.78, 5) is 30.2. The van der Waals surface area contributed by atoms with Gasteiger partial charge in [0.05, 0.1) is 5.39 Å². The van der Waals surface area contributed by atoms with Gasteiger partial charge in [-0.2, -0.15) is 0 Å². The average Bonchev–Trinajstić information content (AvgIpc) is 3.64. The van der Waals surface area contributed by atoms with Crippen LogP contribution < -0.4 is 10.2 Å². The van der Waals surface area contributed by atoms with E-state index in [1.807, 2.05) is 34.4 Å². The van der Waals surface area contributed by atoms with Gasteiger partial charge in [0, 0.05) is 42.7 Å². The van der Waals surface area contributed by atoms with Crippen LogP contribution in [-0.4, -0.2) is 47.1 Å². The lowest BCUT2D eigenvalue weighted by Gasteiger charge is -2.36. The highest BCUT2D eigenvalue weighted by atomic mass is 32.1. The third kappa shape index (κ3) is 3.97. The molecule has 3 aromatic rings. The Morgan fingerprint density at radius 1 is 1.09 bits per heavy atom. The van der Waals surface area contributed by atoms with Gasteiger partial charge in [0.25, 0.3) is 0 Å². The molecule has 0 unspecified atom stereocenters. The van der Waals surface area contributed by atoms with Gasteiger partial charge in [-0.1, -0.05) is 25.1 Å². The van der Waals surface area contributed by atoms with Gasteiger partial charge < -0.3 is 15.1 Å². The number of anilines is 2. The van der Waals surface area contributed by atoms with Gasteiger partial charge in [0.2, 0.25) is 0 Å². The number of para-hydroxylation sites is 1. The lowest BCUT2D eigenvalue weighted by Crippen LogP contribution is -2.50. The van der Waals surface area contributed by atoms with Gasteiger partial charge in [-0.25, -0.2) is 14.8 Å². The summed E-state index contributed by atoms with van der Waals surface area (Å²) in [6, 6.07) is 8.06. The average molecular weight is 462 g/mol. The molecule has 1 saturated carbocycles. The van der Waals surface area contributed by atoms with E-state index in [2.05, 4.69) is 23.2 Å². The van der Waals surface area contributed by atoms with E-state index >= 15 is 0 Å². The Hall–Kier alpha value is -2.67. The van der Waals surface area contributed by atoms with E-state index in [0.717, 1.165) is 43.3 Å². The Kier molecular flexibility index (Phi) is 5.45. The molecule has 1 aromatic carbocycles. The highest BCUT2D eigenvalue weighted by Crippen LogP contribution is 2.44. The maximum atomic E-state index is 13.0. The number of urea groups is 1. The van der Waals surface area contributed by atoms with Crippen LogP contribution in [0.4, 0.5) is 16.3 Å². The molecule has 172 valence electrons. The highest BCUT2D eigenvalue weighted by Gasteiger charge is 2.32. The van der Waals surface area contributed by atoms with Crippen molar-refractivity contribution in [1.82, 2.24) is 14.9 Å². The van der Waals surface area contributed by atoms with Gasteiger partial charge in [0.15, 0.2) is 0 Å². The molecule has 6 nitrogen and oxygen atoms in total. The number of hydrogen-bond acceptors (Lipinski definition) is 5. The largest absolute Gasteiger partial charge is 0.352 e. The minimum Gasteiger partial charge on any atom is -0.352 e. The summed E-state index contributed by atoms with van der Waals surface area (Å²) in [7, 11) is 0. The van der Waals surface area contributed by atoms with Gasteiger partial charge in [-0.15, -0.1) is 11.3 Å². The molecule has 3 aliphatic rings. The first-order chi connectivity index (χ1) is 16.2. The Balaban J connectivity index is 1.23. The van der Waals surface area contributed by atoms with Crippen LogP contribution in [0.2, 0.25) is 0 Å². The Morgan fingerprint density at radius 3 is 2.67 bits per heavy atom. The van der Waals surface area contributed by atoms with E-state index in [0.29, 0.717) is 19.0 Å². The fourth-order valence-corrected chi connectivity index (χ4v) is 6.44. The quantitative estimate of drug-likeness (QED) is 0.568. The van der Waals surface area contributed by atoms with Crippen LogP contribution in [0.3, 0.4) is 0 Å². The molecule has 2 aromatic heterocycles. The molecule has 2 amide bonds. The fraction of sp³-hybridized carbons (Fsp3) is 0.500. The van der Waals surface area contributed by atoms with Gasteiger partial charge >= 0.3 is 6.03 Å². The molecule has 1 saturated heterocycles. The normalized spacial score (nSPS) is 18.5. The van der Waals surface area contributed by atoms with Crippen molar-refractivity contribution in [3.8, 4) is 0 Å². The second-order valence-electron chi connectivity index (χ2n) is 9.49. The lowest BCUT2D eigenvalue weighted by atomic mass is 9.97. The number of aryl methyl sites for hydroxylation is 3. The molecule has 2 fully saturated rings. The minimum atomic E-state index is -0.00466. The molecule has 33 heavy (non-hydrogen) atoms. The maximum absolute atomic E-state index is 13.0. The molecule has 0 atom stereocenters. The molecule has 1 aliphatic heterocycles. The third-order valence-electron chi connectivity index (χ3n) is 7.26. The summed E-state index contributed by atoms with van der Waals surface area (Å²) in [5.41, 5.74) is 3.58. The SMILES string of the molecule is CCc1ccccc1NC(=O)N1CCN(c2nc(C3CC3)nc3sc4c(c23)CCCC4)CC1. The van der Waals surface area contributed by atoms with E-state index in [1.54, 1.807) is 0 Å². The zero-order valence-electron chi connectivity index (χ0n) is 19.3. The summed E-state index contributed by atoms with van der Waals surface area (Å²) in [5.74, 6) is 2.70. The first-order valence-corrected chi connectivity index (χ1v) is 13.2. The van der Waals surface area contributed by atoms with Crippen LogP contribution in [0.25, 0.3) is 10.2 Å². The zero-order chi connectivity index (χ0) is 22.4. The number of hydrogen-bond donors (Lipinski definition) is 1. The lowest BCUT2D eigenvalue weighted by molar-refractivity contribution is 0.208. The first-order valence-electron chi connectivity index (χ1n) is 12.4. The molecular weight excluding hydrogens is 430 g/mol. The van der Waals surface area contributed by atoms with E-state index in [4.69, 9.17) is 9.97 Å². The number of amides is 2. The van der Waals surface area contributed by atoms with Crippen molar-refractivity contribution >= 4 is 39.1 Å². The number of nitrogens with one attached hydrogen (secondary N) is 1. The van der Waals surface area contributed by atoms with Gasteiger partial charge in [-0.3, -0.25) is 0 Å². The van der Waals surface area contributed by atoms with Crippen molar-refractivity contribution in [2.45, 2.75) is 57.8 Å². The van der Waals surface area contributed by atoms with Gasteiger partial charge in [-0.05, 0) is 62.1 Å². The minimum absolute atomic E-state index is 0.00466. The van der Waals surface area contributed by atoms with E-state index < -0.39 is 0 Å². The predicted molar refractivity (Wildman–Crippen MR) is 135 cm³/mol. The standard InChI is InChI=1S/C26H31N5OS/c1-2-17-7-3-5-9-20(17)27-26(32)31-15-13-30(14-16-31)24-22-19-8-4-6-10-21(19)33-25(22)29-23(28-24)18-11-12-18/h3,5,7,9,18H,2,4,6,8,10-16H2,1H3,(H,27,32). The van der Waals surface area contributed by atoms with Crippen LogP contribution in [-0.2, 0) is 19.3 Å². The Bertz CT molecular complexity index is 1190. The van der Waals surface area contributed by atoms with E-state index in [1.165, 1.54) is 58.3 Å². The third-order valence-corrected chi connectivity index (χ3v) is 8.45. The number of aromatic nitrogens is 2. The van der Waals surface area contributed by atoms with Crippen LogP contribution >= 0.6 is 11.3 Å². The zero-order valence-corrected chi connectivity index (χ0v) is 20.1. The van der Waals surface area contributed by atoms with Crippen molar-refractivity contribution in [2.24, 2.45) is 0 Å². The number of carbonyl (C=O) groups is 1. The second kappa shape index (κ2) is 8.60. The first kappa shape index (κ1) is 20.9. The number of nitrogens with zero attached hydrogens (tertiary/aromatic N) is 4. The number of benzene rings is 1. The molecule has 6 rings (SSSR count). The second-order valence-corrected chi connectivity index (χ2v) is 10.6. The number of rotatable bonds is 4. The number of piperazine rings is 1. The van der Waals surface area contributed by atoms with Crippen molar-refractivity contribution in [1.29, 1.82) is 0 Å². The molecule has 2 aliphatic carbocycles. The summed E-state index contributed by atoms with van der Waals surface area (Å²) < 4.78 is 0. The summed E-state index contributed by atoms with van der Waals surface area (Å²) in [6.45, 7) is 5.14. The van der Waals surface area contributed by atoms with Crippen LogP contribution in [0, 0.1) is 0 Å². The van der Waals surface area contributed by atoms with Crippen molar-refractivity contribution in [3.05, 3.63) is 46.1 Å². The van der Waals surface area contributed by atoms with E-state index in [9.17, 15) is 4.79 Å². The fourth-order valence-electron chi connectivity index (χ4n) is 5.17. The predicted octanol–water partition coefficient (Wildman–Crippen LogP) is 5.36. The number of carbonyl (C=O) groups excluding carboxylic acids is 1. The Morgan fingerprint density at radius 2 is 1.88 bits per heavy atom. The number of thiophene rings is 1. The summed E-state index contributed by atoms with van der Waals surface area (Å²) in [5, 5.41) is 4.43. The molecule has 3 heterocycles.